The molecule has 8 atom stereocenters. The number of nitrogens with zero attached hydrogens (tertiary/aromatic N) is 1. The minimum Gasteiger partial charge on any atom is -0.480 e. The number of carboxylic acids is 1. The van der Waals surface area contributed by atoms with Crippen LogP contribution >= 0.6 is 0 Å². The number of terminal acetylenes is 1. The molecule has 43 heavy (non-hydrogen) atoms. The van der Waals surface area contributed by atoms with E-state index >= 15 is 0 Å². The molecule has 3 fully saturated rings. The summed E-state index contributed by atoms with van der Waals surface area (Å²) in [5, 5.41) is 30.2. The molecule has 9 nitrogen and oxygen atoms in total. The van der Waals surface area contributed by atoms with E-state index in [2.05, 4.69) is 41.6 Å². The lowest BCUT2D eigenvalue weighted by Crippen LogP contribution is -2.54. The van der Waals surface area contributed by atoms with E-state index in [1.807, 2.05) is 13.8 Å². The molecule has 0 bridgehead atoms. The first-order valence-electron chi connectivity index (χ1n) is 16.1. The quantitative estimate of drug-likeness (QED) is 0.217. The zero-order valence-corrected chi connectivity index (χ0v) is 26.7. The second-order valence-corrected chi connectivity index (χ2v) is 14.7. The van der Waals surface area contributed by atoms with Crippen LogP contribution in [-0.2, 0) is 19.2 Å². The van der Waals surface area contributed by atoms with Gasteiger partial charge in [0.25, 0.3) is 5.91 Å². The lowest BCUT2D eigenvalue weighted by molar-refractivity contribution is -0.143. The Morgan fingerprint density at radius 2 is 1.77 bits per heavy atom. The fourth-order valence-corrected chi connectivity index (χ4v) is 8.77. The van der Waals surface area contributed by atoms with Crippen LogP contribution in [-0.4, -0.2) is 58.0 Å². The van der Waals surface area contributed by atoms with Crippen molar-refractivity contribution in [1.29, 1.82) is 0 Å². The van der Waals surface area contributed by atoms with Crippen LogP contribution in [0.1, 0.15) is 99.3 Å². The lowest BCUT2D eigenvalue weighted by Gasteiger charge is -2.58. The van der Waals surface area contributed by atoms with Crippen LogP contribution in [0.15, 0.2) is 16.8 Å². The highest BCUT2D eigenvalue weighted by atomic mass is 16.6. The molecule has 0 heterocycles. The van der Waals surface area contributed by atoms with Crippen molar-refractivity contribution in [3.05, 3.63) is 11.6 Å². The summed E-state index contributed by atoms with van der Waals surface area (Å²) in [5.74, 6) is 2.04. The average Bonchev–Trinajstić information content (AvgIpc) is 3.21. The van der Waals surface area contributed by atoms with Gasteiger partial charge in [-0.15, -0.1) is 6.42 Å². The summed E-state index contributed by atoms with van der Waals surface area (Å²) in [6, 6.07) is -1.91. The van der Waals surface area contributed by atoms with E-state index in [1.54, 1.807) is 13.8 Å². The fourth-order valence-electron chi connectivity index (χ4n) is 8.77. The Morgan fingerprint density at radius 3 is 2.40 bits per heavy atom. The van der Waals surface area contributed by atoms with Crippen LogP contribution in [0.4, 0.5) is 0 Å². The summed E-state index contributed by atoms with van der Waals surface area (Å²) in [4.78, 5) is 42.6. The van der Waals surface area contributed by atoms with E-state index in [0.29, 0.717) is 30.6 Å². The standard InChI is InChI=1S/C34H51N3O6/c1-8-34(42)16-13-26-24-10-9-22-18-23(11-14-32(22,6)25(24)12-15-33(26,34)7)37-43-19-28(38)36-29(21(4)5)30(39)35-27(31(40)41)17-20(2)3/h1,18,20-21,24-27,29,42H,9-17,19H2,2-7H3,(H,35,39)(H,36,38)(H,40,41)/t24?,25?,26?,27?,29?,32-,33-,34+/m0/s1. The summed E-state index contributed by atoms with van der Waals surface area (Å²) >= 11 is 0. The third-order valence-electron chi connectivity index (χ3n) is 11.3. The van der Waals surface area contributed by atoms with Gasteiger partial charge in [-0.1, -0.05) is 58.2 Å². The van der Waals surface area contributed by atoms with Gasteiger partial charge < -0.3 is 25.7 Å². The normalized spacial score (nSPS) is 35.6. The second-order valence-electron chi connectivity index (χ2n) is 14.7. The first-order chi connectivity index (χ1) is 20.1. The number of hydrogen-bond acceptors (Lipinski definition) is 6. The van der Waals surface area contributed by atoms with Crippen molar-refractivity contribution < 1.29 is 29.4 Å². The maximum atomic E-state index is 12.8. The smallest absolute Gasteiger partial charge is 0.326 e. The SMILES string of the molecule is C#C[C@@]1(O)CCC2C3CCC4=CC(=NOCC(=O)NC(C(=O)NC(CC(C)C)C(=O)O)C(C)C)CC[C@]4(C)C3CC[C@@]21C. The van der Waals surface area contributed by atoms with Gasteiger partial charge in [-0.25, -0.2) is 4.79 Å². The van der Waals surface area contributed by atoms with E-state index in [-0.39, 0.29) is 29.3 Å². The van der Waals surface area contributed by atoms with Crippen molar-refractivity contribution in [2.75, 3.05) is 6.61 Å². The van der Waals surface area contributed by atoms with Crippen LogP contribution in [0.5, 0.6) is 0 Å². The maximum Gasteiger partial charge on any atom is 0.326 e. The van der Waals surface area contributed by atoms with Crippen molar-refractivity contribution in [3.63, 3.8) is 0 Å². The van der Waals surface area contributed by atoms with Gasteiger partial charge in [-0.05, 0) is 98.9 Å². The van der Waals surface area contributed by atoms with E-state index in [4.69, 9.17) is 11.3 Å². The number of aliphatic carboxylic acids is 1. The highest BCUT2D eigenvalue weighted by Gasteiger charge is 2.63. The number of amides is 2. The minimum absolute atomic E-state index is 0.0821. The number of carbonyl (C=O) groups is 3. The number of carboxylic acid groups (broad SMARTS) is 1. The van der Waals surface area contributed by atoms with Crippen LogP contribution < -0.4 is 10.6 Å². The van der Waals surface area contributed by atoms with Gasteiger partial charge in [0.05, 0.1) is 5.71 Å². The molecule has 4 rings (SSSR count). The molecule has 0 saturated heterocycles. The van der Waals surface area contributed by atoms with Gasteiger partial charge in [0.2, 0.25) is 5.91 Å². The number of aliphatic hydroxyl groups is 1. The summed E-state index contributed by atoms with van der Waals surface area (Å²) < 4.78 is 0. The summed E-state index contributed by atoms with van der Waals surface area (Å²) in [6.07, 6.45) is 15.8. The Kier molecular flexibility index (Phi) is 9.71. The second kappa shape index (κ2) is 12.6. The molecule has 238 valence electrons. The molecular weight excluding hydrogens is 546 g/mol. The van der Waals surface area contributed by atoms with E-state index in [1.165, 1.54) is 5.57 Å². The monoisotopic (exact) mass is 597 g/mol. The molecule has 0 aromatic heterocycles. The molecule has 4 aliphatic rings. The van der Waals surface area contributed by atoms with Gasteiger partial charge in [-0.3, -0.25) is 9.59 Å². The van der Waals surface area contributed by atoms with Gasteiger partial charge in [0.15, 0.2) is 6.61 Å². The number of nitrogens with one attached hydrogen (secondary N) is 2. The van der Waals surface area contributed by atoms with Gasteiger partial charge >= 0.3 is 5.97 Å². The summed E-state index contributed by atoms with van der Waals surface area (Å²) in [7, 11) is 0. The Balaban J connectivity index is 1.35. The number of fused-ring (bicyclic) bond motifs is 5. The zero-order chi connectivity index (χ0) is 31.7. The Morgan fingerprint density at radius 1 is 1.07 bits per heavy atom. The van der Waals surface area contributed by atoms with Crippen molar-refractivity contribution >= 4 is 23.5 Å². The molecular formula is C34H51N3O6. The molecule has 0 radical (unpaired) electrons. The molecule has 0 aliphatic heterocycles. The first kappa shape index (κ1) is 33.0. The molecule has 0 spiro atoms. The van der Waals surface area contributed by atoms with Crippen LogP contribution in [0, 0.1) is 52.8 Å². The molecule has 3 saturated carbocycles. The van der Waals surface area contributed by atoms with Gasteiger partial charge in [0, 0.05) is 5.41 Å². The Hall–Kier alpha value is -2.86. The Bertz CT molecular complexity index is 1200. The van der Waals surface area contributed by atoms with E-state index in [0.717, 1.165) is 50.7 Å². The highest BCUT2D eigenvalue weighted by molar-refractivity contribution is 5.96. The van der Waals surface area contributed by atoms with Crippen LogP contribution in [0.3, 0.4) is 0 Å². The third kappa shape index (κ3) is 6.36. The highest BCUT2D eigenvalue weighted by Crippen LogP contribution is 2.67. The Labute approximate surface area is 256 Å². The van der Waals surface area contributed by atoms with Crippen molar-refractivity contribution in [1.82, 2.24) is 10.6 Å². The number of hydrogen-bond donors (Lipinski definition) is 4. The van der Waals surface area contributed by atoms with Crippen LogP contribution in [0.2, 0.25) is 0 Å². The number of oxime groups is 1. The van der Waals surface area contributed by atoms with E-state index in [9.17, 15) is 24.6 Å². The molecule has 0 aromatic carbocycles. The average molecular weight is 598 g/mol. The predicted octanol–water partition coefficient (Wildman–Crippen LogP) is 4.44. The molecule has 9 heteroatoms. The summed E-state index contributed by atoms with van der Waals surface area (Å²) in [6.45, 7) is 11.6. The third-order valence-corrected chi connectivity index (χ3v) is 11.3. The first-order valence-corrected chi connectivity index (χ1v) is 16.1. The number of allylic oxidation sites excluding steroid dienone is 2. The number of carbonyl (C=O) groups excluding carboxylic acids is 2. The van der Waals surface area contributed by atoms with E-state index < -0.39 is 35.5 Å². The maximum absolute atomic E-state index is 12.8. The molecule has 0 aromatic rings. The molecule has 2 amide bonds. The van der Waals surface area contributed by atoms with Gasteiger partial charge in [-0.2, -0.15) is 0 Å². The van der Waals surface area contributed by atoms with Gasteiger partial charge in [0.1, 0.15) is 17.7 Å². The molecule has 5 unspecified atom stereocenters. The van der Waals surface area contributed by atoms with Crippen molar-refractivity contribution in [2.45, 2.75) is 117 Å². The fraction of sp³-hybridized carbons (Fsp3) is 0.765. The lowest BCUT2D eigenvalue weighted by atomic mass is 9.46. The largest absolute Gasteiger partial charge is 0.480 e. The van der Waals surface area contributed by atoms with Crippen molar-refractivity contribution in [3.8, 4) is 12.3 Å². The van der Waals surface area contributed by atoms with Crippen molar-refractivity contribution in [2.24, 2.45) is 45.6 Å². The molecule has 4 N–H and O–H groups in total. The number of rotatable bonds is 10. The molecule has 4 aliphatic carbocycles. The van der Waals surface area contributed by atoms with Crippen LogP contribution in [0.25, 0.3) is 0 Å². The topological polar surface area (TPSA) is 137 Å². The minimum atomic E-state index is -1.10. The summed E-state index contributed by atoms with van der Waals surface area (Å²) in [5.41, 5.74) is 1.09. The predicted molar refractivity (Wildman–Crippen MR) is 165 cm³/mol. The zero-order valence-electron chi connectivity index (χ0n) is 26.7.